The lowest BCUT2D eigenvalue weighted by Crippen LogP contribution is -2.28. The quantitative estimate of drug-likeness (QED) is 0.697. The molecule has 1 unspecified atom stereocenters. The lowest BCUT2D eigenvalue weighted by atomic mass is 10.1. The predicted molar refractivity (Wildman–Crippen MR) is 64.9 cm³/mol. The Bertz CT molecular complexity index is 401. The number of benzene rings is 1. The molecule has 0 bridgehead atoms. The van der Waals surface area contributed by atoms with Gasteiger partial charge in [-0.15, -0.1) is 0 Å². The Morgan fingerprint density at radius 2 is 1.94 bits per heavy atom. The highest BCUT2D eigenvalue weighted by Gasteiger charge is 2.15. The van der Waals surface area contributed by atoms with E-state index in [1.807, 2.05) is 6.92 Å². The third kappa shape index (κ3) is 3.79. The van der Waals surface area contributed by atoms with Crippen molar-refractivity contribution in [2.75, 3.05) is 5.32 Å². The lowest BCUT2D eigenvalue weighted by molar-refractivity contribution is -0.138. The Balaban J connectivity index is 2.73. The van der Waals surface area contributed by atoms with Gasteiger partial charge < -0.3 is 16.2 Å². The minimum atomic E-state index is -0.883. The molecule has 0 saturated carbocycles. The molecule has 92 valence electrons. The number of aliphatic carboxylic acids is 1. The summed E-state index contributed by atoms with van der Waals surface area (Å²) in [6.07, 6.45) is 1.33. The Kier molecular flexibility index (Phi) is 4.51. The number of anilines is 1. The fraction of sp³-hybridized carbons (Fsp3) is 0.333. The van der Waals surface area contributed by atoms with E-state index in [-0.39, 0.29) is 0 Å². The van der Waals surface area contributed by atoms with Gasteiger partial charge in [-0.1, -0.05) is 13.3 Å². The number of rotatable bonds is 6. The summed E-state index contributed by atoms with van der Waals surface area (Å²) in [6, 6.07) is 5.81. The molecule has 0 aliphatic rings. The van der Waals surface area contributed by atoms with Crippen molar-refractivity contribution in [1.82, 2.24) is 0 Å². The van der Waals surface area contributed by atoms with Gasteiger partial charge in [-0.3, -0.25) is 4.79 Å². The van der Waals surface area contributed by atoms with Crippen LogP contribution in [0.5, 0.6) is 0 Å². The largest absolute Gasteiger partial charge is 0.480 e. The molecule has 0 aliphatic carbocycles. The minimum absolute atomic E-state index is 0.401. The number of carbonyl (C=O) groups excluding carboxylic acids is 1. The molecule has 1 aromatic carbocycles. The van der Waals surface area contributed by atoms with E-state index >= 15 is 0 Å². The maximum Gasteiger partial charge on any atom is 0.326 e. The first-order valence-corrected chi connectivity index (χ1v) is 5.43. The van der Waals surface area contributed by atoms with Gasteiger partial charge >= 0.3 is 5.97 Å². The zero-order valence-corrected chi connectivity index (χ0v) is 9.64. The van der Waals surface area contributed by atoms with Crippen molar-refractivity contribution < 1.29 is 14.7 Å². The van der Waals surface area contributed by atoms with E-state index in [2.05, 4.69) is 5.32 Å². The van der Waals surface area contributed by atoms with E-state index in [0.29, 0.717) is 17.7 Å². The number of hydrogen-bond acceptors (Lipinski definition) is 3. The molecule has 0 radical (unpaired) electrons. The van der Waals surface area contributed by atoms with Crippen LogP contribution in [0.2, 0.25) is 0 Å². The molecule has 1 aromatic rings. The summed E-state index contributed by atoms with van der Waals surface area (Å²) in [5, 5.41) is 11.9. The van der Waals surface area contributed by atoms with Gasteiger partial charge in [-0.25, -0.2) is 4.79 Å². The zero-order chi connectivity index (χ0) is 12.8. The highest BCUT2D eigenvalue weighted by atomic mass is 16.4. The average molecular weight is 236 g/mol. The molecule has 0 fully saturated rings. The van der Waals surface area contributed by atoms with Gasteiger partial charge in [0.15, 0.2) is 0 Å². The van der Waals surface area contributed by atoms with Crippen LogP contribution < -0.4 is 11.1 Å². The number of carboxylic acids is 1. The van der Waals surface area contributed by atoms with Crippen LogP contribution in [0.15, 0.2) is 24.3 Å². The van der Waals surface area contributed by atoms with E-state index in [4.69, 9.17) is 10.8 Å². The monoisotopic (exact) mass is 236 g/mol. The second-order valence-corrected chi connectivity index (χ2v) is 3.77. The lowest BCUT2D eigenvalue weighted by Gasteiger charge is -2.14. The molecular weight excluding hydrogens is 220 g/mol. The first kappa shape index (κ1) is 13.0. The second kappa shape index (κ2) is 5.89. The van der Waals surface area contributed by atoms with Crippen LogP contribution in [0.25, 0.3) is 0 Å². The van der Waals surface area contributed by atoms with Crippen LogP contribution in [0.4, 0.5) is 5.69 Å². The van der Waals surface area contributed by atoms with E-state index < -0.39 is 17.9 Å². The third-order valence-corrected chi connectivity index (χ3v) is 2.39. The summed E-state index contributed by atoms with van der Waals surface area (Å²) in [5.41, 5.74) is 6.17. The Morgan fingerprint density at radius 3 is 2.35 bits per heavy atom. The van der Waals surface area contributed by atoms with Crippen molar-refractivity contribution in [3.63, 3.8) is 0 Å². The highest BCUT2D eigenvalue weighted by molar-refractivity contribution is 5.93. The van der Waals surface area contributed by atoms with Crippen LogP contribution in [0.3, 0.4) is 0 Å². The first-order chi connectivity index (χ1) is 8.04. The van der Waals surface area contributed by atoms with Crippen molar-refractivity contribution in [1.29, 1.82) is 0 Å². The Hall–Kier alpha value is -2.04. The normalized spacial score (nSPS) is 11.8. The van der Waals surface area contributed by atoms with Gasteiger partial charge in [-0.05, 0) is 30.7 Å². The van der Waals surface area contributed by atoms with Crippen LogP contribution in [0.1, 0.15) is 30.1 Å². The predicted octanol–water partition coefficient (Wildman–Crippen LogP) is 1.45. The van der Waals surface area contributed by atoms with Gasteiger partial charge in [0.2, 0.25) is 5.91 Å². The summed E-state index contributed by atoms with van der Waals surface area (Å²) in [6.45, 7) is 1.92. The molecule has 4 N–H and O–H groups in total. The van der Waals surface area contributed by atoms with Crippen LogP contribution in [-0.4, -0.2) is 23.0 Å². The molecule has 0 saturated heterocycles. The number of amides is 1. The Morgan fingerprint density at radius 1 is 1.35 bits per heavy atom. The average Bonchev–Trinajstić information content (AvgIpc) is 2.29. The number of nitrogens with one attached hydrogen (secondary N) is 1. The van der Waals surface area contributed by atoms with Crippen LogP contribution in [0, 0.1) is 0 Å². The number of primary amides is 1. The molecule has 0 aliphatic heterocycles. The fourth-order valence-electron chi connectivity index (χ4n) is 1.48. The molecular formula is C12H16N2O3. The van der Waals surface area contributed by atoms with Crippen molar-refractivity contribution >= 4 is 17.6 Å². The zero-order valence-electron chi connectivity index (χ0n) is 9.64. The van der Waals surface area contributed by atoms with Crippen LogP contribution in [-0.2, 0) is 4.79 Å². The summed E-state index contributed by atoms with van der Waals surface area (Å²) in [4.78, 5) is 21.8. The van der Waals surface area contributed by atoms with Gasteiger partial charge in [0, 0.05) is 11.3 Å². The molecule has 0 aromatic heterocycles. The number of carboxylic acid groups (broad SMARTS) is 1. The molecule has 17 heavy (non-hydrogen) atoms. The molecule has 0 spiro atoms. The maximum atomic E-state index is 10.9. The third-order valence-electron chi connectivity index (χ3n) is 2.39. The molecule has 5 heteroatoms. The summed E-state index contributed by atoms with van der Waals surface area (Å²) >= 11 is 0. The van der Waals surface area contributed by atoms with Crippen molar-refractivity contribution in [2.24, 2.45) is 5.73 Å². The van der Waals surface area contributed by atoms with Gasteiger partial charge in [0.1, 0.15) is 6.04 Å². The fourth-order valence-corrected chi connectivity index (χ4v) is 1.48. The first-order valence-electron chi connectivity index (χ1n) is 5.43. The molecule has 1 rings (SSSR count). The van der Waals surface area contributed by atoms with Gasteiger partial charge in [-0.2, -0.15) is 0 Å². The van der Waals surface area contributed by atoms with E-state index in [1.54, 1.807) is 24.3 Å². The van der Waals surface area contributed by atoms with E-state index in [0.717, 1.165) is 6.42 Å². The van der Waals surface area contributed by atoms with Gasteiger partial charge in [0.05, 0.1) is 0 Å². The molecule has 1 amide bonds. The van der Waals surface area contributed by atoms with Crippen molar-refractivity contribution in [3.05, 3.63) is 29.8 Å². The second-order valence-electron chi connectivity index (χ2n) is 3.77. The highest BCUT2D eigenvalue weighted by Crippen LogP contribution is 2.12. The maximum absolute atomic E-state index is 10.9. The van der Waals surface area contributed by atoms with Crippen molar-refractivity contribution in [3.8, 4) is 0 Å². The standard InChI is InChI=1S/C12H16N2O3/c1-2-3-10(12(16)17)14-9-6-4-8(5-7-9)11(13)15/h4-7,10,14H,2-3H2,1H3,(H2,13,15)(H,16,17). The summed E-state index contributed by atoms with van der Waals surface area (Å²) in [7, 11) is 0. The van der Waals surface area contributed by atoms with Gasteiger partial charge in [0.25, 0.3) is 0 Å². The smallest absolute Gasteiger partial charge is 0.326 e. The van der Waals surface area contributed by atoms with Crippen LogP contribution >= 0.6 is 0 Å². The SMILES string of the molecule is CCCC(Nc1ccc(C(N)=O)cc1)C(=O)O. The molecule has 1 atom stereocenters. The Labute approximate surface area is 99.6 Å². The number of hydrogen-bond donors (Lipinski definition) is 3. The molecule has 0 heterocycles. The number of carbonyl (C=O) groups is 2. The summed E-state index contributed by atoms with van der Waals surface area (Å²) < 4.78 is 0. The minimum Gasteiger partial charge on any atom is -0.480 e. The van der Waals surface area contributed by atoms with Crippen molar-refractivity contribution in [2.45, 2.75) is 25.8 Å². The van der Waals surface area contributed by atoms with E-state index in [1.165, 1.54) is 0 Å². The topological polar surface area (TPSA) is 92.4 Å². The number of nitrogens with two attached hydrogens (primary N) is 1. The molecule has 5 nitrogen and oxygen atoms in total. The van der Waals surface area contributed by atoms with E-state index in [9.17, 15) is 9.59 Å². The summed E-state index contributed by atoms with van der Waals surface area (Å²) in [5.74, 6) is -1.38.